The predicted molar refractivity (Wildman–Crippen MR) is 86.5 cm³/mol. The van der Waals surface area contributed by atoms with Gasteiger partial charge in [-0.2, -0.15) is 0 Å². The van der Waals surface area contributed by atoms with Gasteiger partial charge in [0.1, 0.15) is 11.3 Å². The van der Waals surface area contributed by atoms with E-state index >= 15 is 0 Å². The zero-order valence-corrected chi connectivity index (χ0v) is 12.3. The summed E-state index contributed by atoms with van der Waals surface area (Å²) in [7, 11) is 0. The average molecular weight is 280 g/mol. The van der Waals surface area contributed by atoms with Gasteiger partial charge >= 0.3 is 0 Å². The SMILES string of the molecule is CCCn1c(CCNc2ccccc2)nc2cccnc21. The second-order valence-corrected chi connectivity index (χ2v) is 5.07. The summed E-state index contributed by atoms with van der Waals surface area (Å²) >= 11 is 0. The van der Waals surface area contributed by atoms with Crippen LogP contribution in [0.4, 0.5) is 5.69 Å². The molecule has 1 aromatic carbocycles. The Morgan fingerprint density at radius 2 is 1.95 bits per heavy atom. The van der Waals surface area contributed by atoms with Crippen molar-refractivity contribution in [2.45, 2.75) is 26.3 Å². The Labute approximate surface area is 124 Å². The maximum absolute atomic E-state index is 4.72. The summed E-state index contributed by atoms with van der Waals surface area (Å²) in [6, 6.07) is 14.2. The minimum absolute atomic E-state index is 0.872. The van der Waals surface area contributed by atoms with Gasteiger partial charge in [0.05, 0.1) is 0 Å². The number of rotatable bonds is 6. The molecule has 0 aliphatic heterocycles. The van der Waals surface area contributed by atoms with Crippen LogP contribution in [0.15, 0.2) is 48.7 Å². The molecule has 4 nitrogen and oxygen atoms in total. The first-order chi connectivity index (χ1) is 10.4. The summed E-state index contributed by atoms with van der Waals surface area (Å²) in [4.78, 5) is 9.19. The van der Waals surface area contributed by atoms with Gasteiger partial charge < -0.3 is 9.88 Å². The van der Waals surface area contributed by atoms with Crippen LogP contribution in [0.25, 0.3) is 11.2 Å². The van der Waals surface area contributed by atoms with Gasteiger partial charge in [-0.3, -0.25) is 0 Å². The molecule has 0 aliphatic rings. The maximum atomic E-state index is 4.72. The first-order valence-electron chi connectivity index (χ1n) is 7.47. The number of pyridine rings is 1. The Morgan fingerprint density at radius 1 is 1.10 bits per heavy atom. The highest BCUT2D eigenvalue weighted by Crippen LogP contribution is 2.15. The molecule has 108 valence electrons. The standard InChI is InChI=1S/C17H20N4/c1-2-13-21-16(20-15-9-6-11-19-17(15)21)10-12-18-14-7-4-3-5-8-14/h3-9,11,18H,2,10,12-13H2,1H3. The predicted octanol–water partition coefficient (Wildman–Crippen LogP) is 3.50. The van der Waals surface area contributed by atoms with E-state index in [-0.39, 0.29) is 0 Å². The Hall–Kier alpha value is -2.36. The van der Waals surface area contributed by atoms with Crippen molar-refractivity contribution in [3.8, 4) is 0 Å². The van der Waals surface area contributed by atoms with E-state index in [2.05, 4.69) is 33.9 Å². The van der Waals surface area contributed by atoms with Crippen molar-refractivity contribution in [3.05, 3.63) is 54.5 Å². The molecule has 4 heteroatoms. The molecular formula is C17H20N4. The van der Waals surface area contributed by atoms with Crippen LogP contribution in [-0.2, 0) is 13.0 Å². The Bertz CT molecular complexity index is 703. The zero-order chi connectivity index (χ0) is 14.5. The van der Waals surface area contributed by atoms with Crippen LogP contribution in [0.1, 0.15) is 19.2 Å². The monoisotopic (exact) mass is 280 g/mol. The number of nitrogens with one attached hydrogen (secondary N) is 1. The molecule has 21 heavy (non-hydrogen) atoms. The lowest BCUT2D eigenvalue weighted by Gasteiger charge is -2.08. The molecule has 0 unspecified atom stereocenters. The van der Waals surface area contributed by atoms with Crippen LogP contribution in [0.5, 0.6) is 0 Å². The van der Waals surface area contributed by atoms with Gasteiger partial charge in [-0.05, 0) is 30.7 Å². The van der Waals surface area contributed by atoms with E-state index in [0.29, 0.717) is 0 Å². The van der Waals surface area contributed by atoms with Crippen LogP contribution in [-0.4, -0.2) is 21.1 Å². The van der Waals surface area contributed by atoms with Crippen LogP contribution in [0.2, 0.25) is 0 Å². The Balaban J connectivity index is 1.75. The molecule has 2 aromatic heterocycles. The molecule has 3 aromatic rings. The summed E-state index contributed by atoms with van der Waals surface area (Å²) in [6.07, 6.45) is 3.81. The molecule has 0 bridgehead atoms. The van der Waals surface area contributed by atoms with Gasteiger partial charge in [-0.1, -0.05) is 25.1 Å². The molecule has 0 atom stereocenters. The van der Waals surface area contributed by atoms with E-state index in [9.17, 15) is 0 Å². The van der Waals surface area contributed by atoms with Crippen molar-refractivity contribution in [2.24, 2.45) is 0 Å². The van der Waals surface area contributed by atoms with Crippen molar-refractivity contribution >= 4 is 16.9 Å². The largest absolute Gasteiger partial charge is 0.385 e. The lowest BCUT2D eigenvalue weighted by atomic mass is 10.3. The zero-order valence-electron chi connectivity index (χ0n) is 12.3. The number of anilines is 1. The summed E-state index contributed by atoms with van der Waals surface area (Å²) in [5, 5.41) is 3.43. The van der Waals surface area contributed by atoms with Gasteiger partial charge in [-0.25, -0.2) is 9.97 Å². The number of para-hydroxylation sites is 1. The molecule has 0 spiro atoms. The van der Waals surface area contributed by atoms with E-state index in [1.165, 1.54) is 0 Å². The number of aryl methyl sites for hydroxylation is 1. The first-order valence-corrected chi connectivity index (χ1v) is 7.47. The number of benzene rings is 1. The molecule has 3 rings (SSSR count). The first kappa shape index (κ1) is 13.6. The second-order valence-electron chi connectivity index (χ2n) is 5.07. The minimum atomic E-state index is 0.872. The smallest absolute Gasteiger partial charge is 0.159 e. The van der Waals surface area contributed by atoms with Crippen molar-refractivity contribution in [1.82, 2.24) is 14.5 Å². The highest BCUT2D eigenvalue weighted by atomic mass is 15.1. The number of aromatic nitrogens is 3. The van der Waals surface area contributed by atoms with Gasteiger partial charge in [0.2, 0.25) is 0 Å². The van der Waals surface area contributed by atoms with Crippen molar-refractivity contribution in [1.29, 1.82) is 0 Å². The second kappa shape index (κ2) is 6.39. The third kappa shape index (κ3) is 3.05. The van der Waals surface area contributed by atoms with Crippen LogP contribution < -0.4 is 5.32 Å². The summed E-state index contributed by atoms with van der Waals surface area (Å²) in [6.45, 7) is 4.02. The number of hydrogen-bond donors (Lipinski definition) is 1. The fraction of sp³-hybridized carbons (Fsp3) is 0.294. The number of fused-ring (bicyclic) bond motifs is 1. The van der Waals surface area contributed by atoms with E-state index in [0.717, 1.165) is 48.6 Å². The van der Waals surface area contributed by atoms with Gasteiger partial charge in [0, 0.05) is 31.4 Å². The molecule has 0 saturated carbocycles. The highest BCUT2D eigenvalue weighted by molar-refractivity contribution is 5.71. The third-order valence-corrected chi connectivity index (χ3v) is 3.48. The van der Waals surface area contributed by atoms with Crippen molar-refractivity contribution in [2.75, 3.05) is 11.9 Å². The van der Waals surface area contributed by atoms with Gasteiger partial charge in [0.15, 0.2) is 5.65 Å². The number of nitrogens with zero attached hydrogens (tertiary/aromatic N) is 3. The highest BCUT2D eigenvalue weighted by Gasteiger charge is 2.10. The molecule has 0 amide bonds. The fourth-order valence-electron chi connectivity index (χ4n) is 2.53. The fourth-order valence-corrected chi connectivity index (χ4v) is 2.53. The van der Waals surface area contributed by atoms with E-state index in [4.69, 9.17) is 4.98 Å². The van der Waals surface area contributed by atoms with E-state index in [1.807, 2.05) is 36.5 Å². The molecule has 0 saturated heterocycles. The van der Waals surface area contributed by atoms with Gasteiger partial charge in [0.25, 0.3) is 0 Å². The molecule has 1 N–H and O–H groups in total. The summed E-state index contributed by atoms with van der Waals surface area (Å²) in [5.41, 5.74) is 3.13. The maximum Gasteiger partial charge on any atom is 0.159 e. The molecule has 0 aliphatic carbocycles. The lowest BCUT2D eigenvalue weighted by molar-refractivity contribution is 0.650. The summed E-state index contributed by atoms with van der Waals surface area (Å²) in [5.74, 6) is 1.11. The van der Waals surface area contributed by atoms with Crippen LogP contribution in [0, 0.1) is 0 Å². The molecular weight excluding hydrogens is 260 g/mol. The van der Waals surface area contributed by atoms with Gasteiger partial charge in [-0.15, -0.1) is 0 Å². The number of imidazole rings is 1. The normalized spacial score (nSPS) is 10.9. The molecule has 0 radical (unpaired) electrons. The third-order valence-electron chi connectivity index (χ3n) is 3.48. The van der Waals surface area contributed by atoms with Crippen molar-refractivity contribution < 1.29 is 0 Å². The average Bonchev–Trinajstić information content (AvgIpc) is 2.87. The Morgan fingerprint density at radius 3 is 2.76 bits per heavy atom. The van der Waals surface area contributed by atoms with Crippen LogP contribution >= 0.6 is 0 Å². The lowest BCUT2D eigenvalue weighted by Crippen LogP contribution is -2.10. The van der Waals surface area contributed by atoms with E-state index in [1.54, 1.807) is 0 Å². The Kier molecular flexibility index (Phi) is 4.15. The van der Waals surface area contributed by atoms with Crippen molar-refractivity contribution in [3.63, 3.8) is 0 Å². The molecule has 0 fully saturated rings. The number of hydrogen-bond acceptors (Lipinski definition) is 3. The van der Waals surface area contributed by atoms with Crippen LogP contribution in [0.3, 0.4) is 0 Å². The molecule has 2 heterocycles. The topological polar surface area (TPSA) is 42.7 Å². The summed E-state index contributed by atoms with van der Waals surface area (Å²) < 4.78 is 2.24. The minimum Gasteiger partial charge on any atom is -0.385 e. The van der Waals surface area contributed by atoms with E-state index < -0.39 is 0 Å². The quantitative estimate of drug-likeness (QED) is 0.751.